The fraction of sp³-hybridized carbons (Fsp3) is 0.647. The monoisotopic (exact) mass is 246 g/mol. The maximum Gasteiger partial charge on any atom is 0.0571 e. The molecule has 0 radical (unpaired) electrons. The van der Waals surface area contributed by atoms with Crippen LogP contribution >= 0.6 is 0 Å². The van der Waals surface area contributed by atoms with Crippen molar-refractivity contribution in [2.24, 2.45) is 11.8 Å². The van der Waals surface area contributed by atoms with Crippen LogP contribution in [0.1, 0.15) is 49.3 Å². The molecule has 100 valence electrons. The highest BCUT2D eigenvalue weighted by Gasteiger charge is 2.28. The second-order valence-electron chi connectivity index (χ2n) is 6.04. The lowest BCUT2D eigenvalue weighted by atomic mass is 9.76. The summed E-state index contributed by atoms with van der Waals surface area (Å²) in [6, 6.07) is 6.72. The SMILES string of the molecule is CCC1CCC(O)C(Cc2ccc(C)c(C)c2)C1. The number of aliphatic hydroxyl groups excluding tert-OH is 1. The van der Waals surface area contributed by atoms with Gasteiger partial charge in [0.2, 0.25) is 0 Å². The van der Waals surface area contributed by atoms with Crippen LogP contribution in [0.15, 0.2) is 18.2 Å². The molecule has 0 aromatic heterocycles. The molecule has 1 saturated carbocycles. The van der Waals surface area contributed by atoms with Crippen molar-refractivity contribution in [3.05, 3.63) is 34.9 Å². The largest absolute Gasteiger partial charge is 0.393 e. The first kappa shape index (κ1) is 13.6. The third-order valence-electron chi connectivity index (χ3n) is 4.70. The third-order valence-corrected chi connectivity index (χ3v) is 4.70. The van der Waals surface area contributed by atoms with E-state index in [4.69, 9.17) is 0 Å². The van der Waals surface area contributed by atoms with Gasteiger partial charge in [-0.3, -0.25) is 0 Å². The molecule has 2 rings (SSSR count). The summed E-state index contributed by atoms with van der Waals surface area (Å²) in [6.07, 6.45) is 5.61. The molecule has 0 saturated heterocycles. The molecule has 0 heterocycles. The lowest BCUT2D eigenvalue weighted by Crippen LogP contribution is -2.30. The van der Waals surface area contributed by atoms with Gasteiger partial charge in [-0.1, -0.05) is 31.5 Å². The molecule has 1 aliphatic carbocycles. The molecule has 1 nitrogen and oxygen atoms in total. The molecule has 1 aliphatic rings. The lowest BCUT2D eigenvalue weighted by Gasteiger charge is -2.33. The minimum Gasteiger partial charge on any atom is -0.393 e. The van der Waals surface area contributed by atoms with Crippen molar-refractivity contribution < 1.29 is 5.11 Å². The zero-order chi connectivity index (χ0) is 13.1. The molecule has 1 N–H and O–H groups in total. The Bertz CT molecular complexity index is 397. The second kappa shape index (κ2) is 5.88. The van der Waals surface area contributed by atoms with Gasteiger partial charge in [-0.15, -0.1) is 0 Å². The van der Waals surface area contributed by atoms with Crippen molar-refractivity contribution >= 4 is 0 Å². The minimum atomic E-state index is -0.0885. The molecule has 3 unspecified atom stereocenters. The Balaban J connectivity index is 2.04. The van der Waals surface area contributed by atoms with Crippen LogP contribution < -0.4 is 0 Å². The Morgan fingerprint density at radius 1 is 1.17 bits per heavy atom. The number of hydrogen-bond donors (Lipinski definition) is 1. The Kier molecular flexibility index (Phi) is 4.45. The number of aryl methyl sites for hydroxylation is 2. The van der Waals surface area contributed by atoms with Gasteiger partial charge in [-0.05, 0) is 68.1 Å². The van der Waals surface area contributed by atoms with E-state index in [1.165, 1.54) is 36.0 Å². The van der Waals surface area contributed by atoms with Crippen LogP contribution in [-0.2, 0) is 6.42 Å². The zero-order valence-electron chi connectivity index (χ0n) is 11.9. The summed E-state index contributed by atoms with van der Waals surface area (Å²) < 4.78 is 0. The number of aliphatic hydroxyl groups is 1. The highest BCUT2D eigenvalue weighted by molar-refractivity contribution is 5.30. The maximum atomic E-state index is 10.2. The van der Waals surface area contributed by atoms with Crippen LogP contribution in [0.5, 0.6) is 0 Å². The standard InChI is InChI=1S/C17H26O/c1-4-14-7-8-17(18)16(10-14)11-15-6-5-12(2)13(3)9-15/h5-6,9,14,16-18H,4,7-8,10-11H2,1-3H3. The molecule has 1 fully saturated rings. The first-order valence-corrected chi connectivity index (χ1v) is 7.34. The van der Waals surface area contributed by atoms with Gasteiger partial charge in [0, 0.05) is 0 Å². The summed E-state index contributed by atoms with van der Waals surface area (Å²) >= 11 is 0. The van der Waals surface area contributed by atoms with Crippen LogP contribution in [0.4, 0.5) is 0 Å². The maximum absolute atomic E-state index is 10.2. The summed E-state index contributed by atoms with van der Waals surface area (Å²) in [5.41, 5.74) is 4.11. The van der Waals surface area contributed by atoms with E-state index in [1.807, 2.05) is 0 Å². The van der Waals surface area contributed by atoms with Gasteiger partial charge in [-0.2, -0.15) is 0 Å². The quantitative estimate of drug-likeness (QED) is 0.853. The Morgan fingerprint density at radius 3 is 2.61 bits per heavy atom. The zero-order valence-corrected chi connectivity index (χ0v) is 11.9. The smallest absolute Gasteiger partial charge is 0.0571 e. The fourth-order valence-corrected chi connectivity index (χ4v) is 3.17. The average molecular weight is 246 g/mol. The molecule has 0 bridgehead atoms. The van der Waals surface area contributed by atoms with Crippen molar-refractivity contribution in [3.8, 4) is 0 Å². The van der Waals surface area contributed by atoms with Crippen LogP contribution in [0.25, 0.3) is 0 Å². The normalized spacial score (nSPS) is 28.3. The molecule has 18 heavy (non-hydrogen) atoms. The highest BCUT2D eigenvalue weighted by atomic mass is 16.3. The molecule has 1 aromatic rings. The lowest BCUT2D eigenvalue weighted by molar-refractivity contribution is 0.0475. The van der Waals surface area contributed by atoms with Crippen molar-refractivity contribution in [2.75, 3.05) is 0 Å². The van der Waals surface area contributed by atoms with E-state index in [-0.39, 0.29) is 6.10 Å². The highest BCUT2D eigenvalue weighted by Crippen LogP contribution is 2.33. The van der Waals surface area contributed by atoms with Gasteiger partial charge in [0.25, 0.3) is 0 Å². The molecule has 0 amide bonds. The van der Waals surface area contributed by atoms with Gasteiger partial charge in [-0.25, -0.2) is 0 Å². The van der Waals surface area contributed by atoms with Gasteiger partial charge < -0.3 is 5.11 Å². The van der Waals surface area contributed by atoms with Crippen molar-refractivity contribution in [1.82, 2.24) is 0 Å². The minimum absolute atomic E-state index is 0.0885. The first-order chi connectivity index (χ1) is 8.60. The van der Waals surface area contributed by atoms with Gasteiger partial charge >= 0.3 is 0 Å². The summed E-state index contributed by atoms with van der Waals surface area (Å²) in [5, 5.41) is 10.2. The van der Waals surface area contributed by atoms with Crippen LogP contribution in [0, 0.1) is 25.7 Å². The van der Waals surface area contributed by atoms with E-state index in [9.17, 15) is 5.11 Å². The van der Waals surface area contributed by atoms with Crippen molar-refractivity contribution in [2.45, 2.75) is 59.0 Å². The Morgan fingerprint density at radius 2 is 1.94 bits per heavy atom. The molecule has 3 atom stereocenters. The molecular weight excluding hydrogens is 220 g/mol. The second-order valence-corrected chi connectivity index (χ2v) is 6.04. The predicted molar refractivity (Wildman–Crippen MR) is 76.7 cm³/mol. The Hall–Kier alpha value is -0.820. The molecule has 1 heteroatoms. The van der Waals surface area contributed by atoms with E-state index in [1.54, 1.807) is 0 Å². The summed E-state index contributed by atoms with van der Waals surface area (Å²) in [5.74, 6) is 1.29. The van der Waals surface area contributed by atoms with Crippen LogP contribution in [0.3, 0.4) is 0 Å². The van der Waals surface area contributed by atoms with Crippen molar-refractivity contribution in [1.29, 1.82) is 0 Å². The average Bonchev–Trinajstić information content (AvgIpc) is 2.36. The molecule has 0 aliphatic heterocycles. The molecule has 1 aromatic carbocycles. The van der Waals surface area contributed by atoms with Crippen LogP contribution in [0.2, 0.25) is 0 Å². The number of hydrogen-bond acceptors (Lipinski definition) is 1. The van der Waals surface area contributed by atoms with Crippen LogP contribution in [-0.4, -0.2) is 11.2 Å². The third kappa shape index (κ3) is 3.14. The van der Waals surface area contributed by atoms with E-state index in [2.05, 4.69) is 39.0 Å². The summed E-state index contributed by atoms with van der Waals surface area (Å²) in [4.78, 5) is 0. The first-order valence-electron chi connectivity index (χ1n) is 7.34. The topological polar surface area (TPSA) is 20.2 Å². The fourth-order valence-electron chi connectivity index (χ4n) is 3.17. The van der Waals surface area contributed by atoms with E-state index in [0.29, 0.717) is 5.92 Å². The summed E-state index contributed by atoms with van der Waals surface area (Å²) in [7, 11) is 0. The number of benzene rings is 1. The van der Waals surface area contributed by atoms with E-state index >= 15 is 0 Å². The van der Waals surface area contributed by atoms with Gasteiger partial charge in [0.1, 0.15) is 0 Å². The van der Waals surface area contributed by atoms with E-state index in [0.717, 1.165) is 18.8 Å². The van der Waals surface area contributed by atoms with Gasteiger partial charge in [0.05, 0.1) is 6.10 Å². The summed E-state index contributed by atoms with van der Waals surface area (Å²) in [6.45, 7) is 6.60. The van der Waals surface area contributed by atoms with Crippen molar-refractivity contribution in [3.63, 3.8) is 0 Å². The Labute approximate surface area is 111 Å². The predicted octanol–water partition coefficient (Wildman–Crippen LogP) is 4.03. The molecule has 0 spiro atoms. The van der Waals surface area contributed by atoms with Gasteiger partial charge in [0.15, 0.2) is 0 Å². The number of rotatable bonds is 3. The van der Waals surface area contributed by atoms with E-state index < -0.39 is 0 Å². The molecular formula is C17H26O.